The molecule has 0 saturated carbocycles. The second kappa shape index (κ2) is 8.25. The lowest BCUT2D eigenvalue weighted by Gasteiger charge is -2.32. The molecule has 25 heavy (non-hydrogen) atoms. The number of carbonyl (C=O) groups excluding carboxylic acids is 1. The number of benzene rings is 1. The molecule has 2 aromatic rings. The molecule has 1 aliphatic rings. The van der Waals surface area contributed by atoms with Crippen LogP contribution in [0.5, 0.6) is 0 Å². The van der Waals surface area contributed by atoms with Crippen molar-refractivity contribution in [1.29, 1.82) is 0 Å². The van der Waals surface area contributed by atoms with Crippen molar-refractivity contribution in [3.05, 3.63) is 40.9 Å². The number of amides is 1. The molecular formula is C19H26N4O2. The summed E-state index contributed by atoms with van der Waals surface area (Å²) in [5.41, 5.74) is 0.751. The van der Waals surface area contributed by atoms with E-state index in [1.807, 2.05) is 29.2 Å². The van der Waals surface area contributed by atoms with E-state index in [4.69, 9.17) is 0 Å². The highest BCUT2D eigenvalue weighted by Gasteiger charge is 2.18. The molecule has 1 aromatic heterocycles. The van der Waals surface area contributed by atoms with E-state index in [1.165, 1.54) is 0 Å². The van der Waals surface area contributed by atoms with Crippen molar-refractivity contribution in [2.45, 2.75) is 32.2 Å². The third-order valence-corrected chi connectivity index (χ3v) is 4.88. The third-order valence-electron chi connectivity index (χ3n) is 4.88. The topological polar surface area (TPSA) is 58.4 Å². The minimum Gasteiger partial charge on any atom is -0.340 e. The SMILES string of the molecule is CN1CCN(C(=O)CCCCCn2cnc3ccccc3c2=O)CC1. The Morgan fingerprint density at radius 1 is 1.08 bits per heavy atom. The second-order valence-electron chi connectivity index (χ2n) is 6.75. The number of hydrogen-bond donors (Lipinski definition) is 0. The molecule has 0 N–H and O–H groups in total. The smallest absolute Gasteiger partial charge is 0.261 e. The van der Waals surface area contributed by atoms with E-state index in [0.717, 1.165) is 51.0 Å². The highest BCUT2D eigenvalue weighted by atomic mass is 16.2. The predicted molar refractivity (Wildman–Crippen MR) is 98.5 cm³/mol. The zero-order chi connectivity index (χ0) is 17.6. The van der Waals surface area contributed by atoms with Crippen LogP contribution in [0.3, 0.4) is 0 Å². The number of piperazine rings is 1. The Hall–Kier alpha value is -2.21. The lowest BCUT2D eigenvalue weighted by Crippen LogP contribution is -2.47. The van der Waals surface area contributed by atoms with Crippen molar-refractivity contribution in [3.8, 4) is 0 Å². The molecule has 6 heteroatoms. The first kappa shape index (κ1) is 17.6. The van der Waals surface area contributed by atoms with Crippen LogP contribution in [0, 0.1) is 0 Å². The Balaban J connectivity index is 1.42. The van der Waals surface area contributed by atoms with E-state index in [1.54, 1.807) is 10.9 Å². The van der Waals surface area contributed by atoms with Crippen molar-refractivity contribution in [3.63, 3.8) is 0 Å². The summed E-state index contributed by atoms with van der Waals surface area (Å²) in [7, 11) is 2.09. The second-order valence-corrected chi connectivity index (χ2v) is 6.75. The van der Waals surface area contributed by atoms with Crippen LogP contribution in [0.2, 0.25) is 0 Å². The maximum atomic E-state index is 12.4. The van der Waals surface area contributed by atoms with Crippen LogP contribution >= 0.6 is 0 Å². The Morgan fingerprint density at radius 3 is 2.64 bits per heavy atom. The van der Waals surface area contributed by atoms with Gasteiger partial charge in [-0.3, -0.25) is 14.2 Å². The monoisotopic (exact) mass is 342 g/mol. The molecule has 3 rings (SSSR count). The number of hydrogen-bond acceptors (Lipinski definition) is 4. The normalized spacial score (nSPS) is 15.6. The lowest BCUT2D eigenvalue weighted by molar-refractivity contribution is -0.132. The maximum Gasteiger partial charge on any atom is 0.261 e. The van der Waals surface area contributed by atoms with Crippen LogP contribution in [-0.2, 0) is 11.3 Å². The van der Waals surface area contributed by atoms with E-state index < -0.39 is 0 Å². The van der Waals surface area contributed by atoms with Gasteiger partial charge in [0.25, 0.3) is 5.56 Å². The average molecular weight is 342 g/mol. The van der Waals surface area contributed by atoms with Gasteiger partial charge in [-0.15, -0.1) is 0 Å². The zero-order valence-electron chi connectivity index (χ0n) is 14.9. The van der Waals surface area contributed by atoms with Crippen molar-refractivity contribution in [1.82, 2.24) is 19.4 Å². The van der Waals surface area contributed by atoms with Crippen molar-refractivity contribution >= 4 is 16.8 Å². The Morgan fingerprint density at radius 2 is 1.84 bits per heavy atom. The summed E-state index contributed by atoms with van der Waals surface area (Å²) in [6.45, 7) is 4.26. The minimum atomic E-state index is 0.0131. The number of aromatic nitrogens is 2. The van der Waals surface area contributed by atoms with Gasteiger partial charge in [-0.2, -0.15) is 0 Å². The number of nitrogens with zero attached hydrogens (tertiary/aromatic N) is 4. The van der Waals surface area contributed by atoms with E-state index in [2.05, 4.69) is 16.9 Å². The summed E-state index contributed by atoms with van der Waals surface area (Å²) < 4.78 is 1.67. The van der Waals surface area contributed by atoms with Gasteiger partial charge < -0.3 is 9.80 Å². The number of aryl methyl sites for hydroxylation is 1. The molecule has 0 atom stereocenters. The Bertz CT molecular complexity index is 778. The molecule has 134 valence electrons. The molecule has 0 aliphatic carbocycles. The molecule has 1 fully saturated rings. The summed E-state index contributed by atoms with van der Waals surface area (Å²) in [6, 6.07) is 7.41. The number of para-hydroxylation sites is 1. The summed E-state index contributed by atoms with van der Waals surface area (Å²) in [5.74, 6) is 0.262. The number of rotatable bonds is 6. The van der Waals surface area contributed by atoms with Gasteiger partial charge in [0.05, 0.1) is 17.2 Å². The summed E-state index contributed by atoms with van der Waals surface area (Å²) in [6.07, 6.45) is 4.93. The zero-order valence-corrected chi connectivity index (χ0v) is 14.9. The van der Waals surface area contributed by atoms with Crippen molar-refractivity contribution < 1.29 is 4.79 Å². The van der Waals surface area contributed by atoms with Gasteiger partial charge >= 0.3 is 0 Å². The van der Waals surface area contributed by atoms with E-state index in [9.17, 15) is 9.59 Å². The molecular weight excluding hydrogens is 316 g/mol. The maximum absolute atomic E-state index is 12.4. The lowest BCUT2D eigenvalue weighted by atomic mass is 10.1. The Kier molecular flexibility index (Phi) is 5.81. The summed E-state index contributed by atoms with van der Waals surface area (Å²) >= 11 is 0. The molecule has 0 radical (unpaired) electrons. The van der Waals surface area contributed by atoms with E-state index in [0.29, 0.717) is 18.4 Å². The molecule has 1 amide bonds. The first-order chi connectivity index (χ1) is 12.1. The van der Waals surface area contributed by atoms with Crippen molar-refractivity contribution in [2.75, 3.05) is 33.2 Å². The fraction of sp³-hybridized carbons (Fsp3) is 0.526. The number of carbonyl (C=O) groups is 1. The molecule has 0 bridgehead atoms. The van der Waals surface area contributed by atoms with Crippen LogP contribution < -0.4 is 5.56 Å². The minimum absolute atomic E-state index is 0.0131. The van der Waals surface area contributed by atoms with Crippen LogP contribution in [0.4, 0.5) is 0 Å². The fourth-order valence-corrected chi connectivity index (χ4v) is 3.21. The standard InChI is InChI=1S/C19H26N4O2/c1-21-11-13-22(14-12-21)18(24)9-3-2-6-10-23-15-20-17-8-5-4-7-16(17)19(23)25/h4-5,7-8,15H,2-3,6,9-14H2,1H3. The third kappa shape index (κ3) is 4.45. The van der Waals surface area contributed by atoms with Gasteiger partial charge in [0.1, 0.15) is 0 Å². The predicted octanol–water partition coefficient (Wildman–Crippen LogP) is 1.73. The molecule has 0 unspecified atom stereocenters. The van der Waals surface area contributed by atoms with Crippen LogP contribution in [0.1, 0.15) is 25.7 Å². The highest BCUT2D eigenvalue weighted by molar-refractivity contribution is 5.77. The average Bonchev–Trinajstić information content (AvgIpc) is 2.64. The van der Waals surface area contributed by atoms with Gasteiger partial charge in [0.2, 0.25) is 5.91 Å². The molecule has 1 aliphatic heterocycles. The number of likely N-dealkylation sites (N-methyl/N-ethyl adjacent to an activating group) is 1. The van der Waals surface area contributed by atoms with Crippen LogP contribution in [0.15, 0.2) is 35.4 Å². The molecule has 6 nitrogen and oxygen atoms in total. The van der Waals surface area contributed by atoms with Crippen LogP contribution in [0.25, 0.3) is 10.9 Å². The van der Waals surface area contributed by atoms with Gasteiger partial charge in [-0.25, -0.2) is 4.98 Å². The Labute approximate surface area is 148 Å². The molecule has 1 saturated heterocycles. The van der Waals surface area contributed by atoms with Gasteiger partial charge in [0, 0.05) is 39.1 Å². The van der Waals surface area contributed by atoms with E-state index >= 15 is 0 Å². The number of unbranched alkanes of at least 4 members (excludes halogenated alkanes) is 2. The highest BCUT2D eigenvalue weighted by Crippen LogP contribution is 2.08. The summed E-state index contributed by atoms with van der Waals surface area (Å²) in [4.78, 5) is 33.1. The van der Waals surface area contributed by atoms with Gasteiger partial charge in [-0.05, 0) is 32.0 Å². The number of fused-ring (bicyclic) bond motifs is 1. The quantitative estimate of drug-likeness (QED) is 0.750. The van der Waals surface area contributed by atoms with Crippen LogP contribution in [-0.4, -0.2) is 58.5 Å². The first-order valence-corrected chi connectivity index (χ1v) is 9.05. The van der Waals surface area contributed by atoms with Crippen molar-refractivity contribution in [2.24, 2.45) is 0 Å². The van der Waals surface area contributed by atoms with Gasteiger partial charge in [-0.1, -0.05) is 18.6 Å². The molecule has 1 aromatic carbocycles. The largest absolute Gasteiger partial charge is 0.340 e. The molecule has 2 heterocycles. The first-order valence-electron chi connectivity index (χ1n) is 9.05. The van der Waals surface area contributed by atoms with E-state index in [-0.39, 0.29) is 11.5 Å². The summed E-state index contributed by atoms with van der Waals surface area (Å²) in [5, 5.41) is 0.662. The van der Waals surface area contributed by atoms with Gasteiger partial charge in [0.15, 0.2) is 0 Å². The fourth-order valence-electron chi connectivity index (χ4n) is 3.21. The molecule has 0 spiro atoms.